The number of halogens is 2. The zero-order valence-electron chi connectivity index (χ0n) is 13.0. The van der Waals surface area contributed by atoms with E-state index in [4.69, 9.17) is 11.6 Å². The van der Waals surface area contributed by atoms with Gasteiger partial charge in [-0.1, -0.05) is 23.7 Å². The van der Waals surface area contributed by atoms with Crippen molar-refractivity contribution in [2.45, 2.75) is 0 Å². The number of hydrogen-bond acceptors (Lipinski definition) is 2. The average molecular weight is 351 g/mol. The van der Waals surface area contributed by atoms with Gasteiger partial charge in [0.1, 0.15) is 17.8 Å². The van der Waals surface area contributed by atoms with Crippen LogP contribution in [0.25, 0.3) is 28.0 Å². The Balaban J connectivity index is 1.81. The molecule has 2 heterocycles. The topological polar surface area (TPSA) is 34.4 Å². The molecule has 0 atom stereocenters. The molecule has 2 aromatic heterocycles. The summed E-state index contributed by atoms with van der Waals surface area (Å²) >= 11 is 5.92. The van der Waals surface area contributed by atoms with Crippen molar-refractivity contribution in [2.75, 3.05) is 0 Å². The Morgan fingerprint density at radius 1 is 0.960 bits per heavy atom. The van der Waals surface area contributed by atoms with Crippen LogP contribution in [-0.4, -0.2) is 15.7 Å². The molecule has 0 radical (unpaired) electrons. The molecule has 0 amide bonds. The van der Waals surface area contributed by atoms with E-state index in [-0.39, 0.29) is 5.82 Å². The van der Waals surface area contributed by atoms with Crippen molar-refractivity contribution in [2.24, 2.45) is 0 Å². The molecule has 0 saturated carbocycles. The van der Waals surface area contributed by atoms with Crippen LogP contribution in [0.15, 0.2) is 67.0 Å². The molecule has 25 heavy (non-hydrogen) atoms. The zero-order valence-corrected chi connectivity index (χ0v) is 13.7. The Morgan fingerprint density at radius 2 is 1.72 bits per heavy atom. The number of hydrogen-bond donors (Lipinski definition) is 0. The minimum absolute atomic E-state index is 0.372. The van der Waals surface area contributed by atoms with Gasteiger partial charge in [0, 0.05) is 39.7 Å². The first-order valence-electron chi connectivity index (χ1n) is 7.64. The second-order valence-corrected chi connectivity index (χ2v) is 6.11. The zero-order chi connectivity index (χ0) is 17.4. The maximum absolute atomic E-state index is 14.1. The van der Waals surface area contributed by atoms with Crippen LogP contribution in [0.1, 0.15) is 10.4 Å². The van der Waals surface area contributed by atoms with Gasteiger partial charge in [0.15, 0.2) is 0 Å². The van der Waals surface area contributed by atoms with Gasteiger partial charge >= 0.3 is 0 Å². The molecule has 122 valence electrons. The van der Waals surface area contributed by atoms with E-state index >= 15 is 0 Å². The van der Waals surface area contributed by atoms with E-state index in [0.717, 1.165) is 16.9 Å². The van der Waals surface area contributed by atoms with E-state index in [1.807, 2.05) is 40.9 Å². The lowest BCUT2D eigenvalue weighted by Gasteiger charge is -2.05. The number of fused-ring (bicyclic) bond motifs is 1. The third-order valence-electron chi connectivity index (χ3n) is 4.03. The standard InChI is InChI=1S/C20H12ClFN2O/c21-16-5-2-14(3-6-16)19-11-24-10-15(4-8-20(24)23-19)17-9-13(12-25)1-7-18(17)22/h1-12H. The van der Waals surface area contributed by atoms with Crippen LogP contribution in [0.5, 0.6) is 0 Å². The second kappa shape index (κ2) is 6.15. The van der Waals surface area contributed by atoms with Gasteiger partial charge in [-0.05, 0) is 42.5 Å². The number of aldehydes is 1. The molecule has 5 heteroatoms. The normalized spacial score (nSPS) is 11.0. The molecule has 0 N–H and O–H groups in total. The minimum Gasteiger partial charge on any atom is -0.306 e. The average Bonchev–Trinajstić information content (AvgIpc) is 3.06. The van der Waals surface area contributed by atoms with Crippen molar-refractivity contribution in [3.8, 4) is 22.4 Å². The van der Waals surface area contributed by atoms with Crippen LogP contribution >= 0.6 is 11.6 Å². The first-order chi connectivity index (χ1) is 12.1. The smallest absolute Gasteiger partial charge is 0.150 e. The van der Waals surface area contributed by atoms with Crippen molar-refractivity contribution in [3.63, 3.8) is 0 Å². The number of aromatic nitrogens is 2. The molecule has 0 unspecified atom stereocenters. The highest BCUT2D eigenvalue weighted by molar-refractivity contribution is 6.30. The summed E-state index contributed by atoms with van der Waals surface area (Å²) in [7, 11) is 0. The second-order valence-electron chi connectivity index (χ2n) is 5.67. The minimum atomic E-state index is -0.372. The highest BCUT2D eigenvalue weighted by Crippen LogP contribution is 2.26. The van der Waals surface area contributed by atoms with E-state index in [0.29, 0.717) is 28.0 Å². The van der Waals surface area contributed by atoms with Crippen LogP contribution in [0.4, 0.5) is 4.39 Å². The Bertz CT molecular complexity index is 1090. The van der Waals surface area contributed by atoms with Crippen LogP contribution in [-0.2, 0) is 0 Å². The third kappa shape index (κ3) is 2.92. The van der Waals surface area contributed by atoms with Gasteiger partial charge in [-0.25, -0.2) is 9.37 Å². The first kappa shape index (κ1) is 15.5. The van der Waals surface area contributed by atoms with Crippen molar-refractivity contribution in [3.05, 3.63) is 83.4 Å². The van der Waals surface area contributed by atoms with E-state index in [2.05, 4.69) is 4.98 Å². The fraction of sp³-hybridized carbons (Fsp3) is 0. The lowest BCUT2D eigenvalue weighted by Crippen LogP contribution is -1.90. The molecule has 0 saturated heterocycles. The van der Waals surface area contributed by atoms with E-state index in [1.165, 1.54) is 12.1 Å². The quantitative estimate of drug-likeness (QED) is 0.471. The summed E-state index contributed by atoms with van der Waals surface area (Å²) in [5, 5.41) is 0.667. The van der Waals surface area contributed by atoms with Crippen LogP contribution < -0.4 is 0 Å². The van der Waals surface area contributed by atoms with E-state index in [1.54, 1.807) is 18.3 Å². The van der Waals surface area contributed by atoms with Crippen molar-refractivity contribution >= 4 is 23.5 Å². The maximum Gasteiger partial charge on any atom is 0.150 e. The molecule has 0 aliphatic rings. The Labute approximate surface area is 148 Å². The molecule has 0 bridgehead atoms. The van der Waals surface area contributed by atoms with Crippen LogP contribution in [0.2, 0.25) is 5.02 Å². The van der Waals surface area contributed by atoms with Gasteiger partial charge in [-0.3, -0.25) is 4.79 Å². The number of pyridine rings is 1. The number of rotatable bonds is 3. The highest BCUT2D eigenvalue weighted by atomic mass is 35.5. The first-order valence-corrected chi connectivity index (χ1v) is 8.01. The van der Waals surface area contributed by atoms with Gasteiger partial charge in [0.05, 0.1) is 5.69 Å². The predicted molar refractivity (Wildman–Crippen MR) is 96.4 cm³/mol. The Kier molecular flexibility index (Phi) is 3.82. The van der Waals surface area contributed by atoms with Gasteiger partial charge in [0.25, 0.3) is 0 Å². The van der Waals surface area contributed by atoms with Gasteiger partial charge in [-0.15, -0.1) is 0 Å². The number of benzene rings is 2. The number of carbonyl (C=O) groups excluding carboxylic acids is 1. The third-order valence-corrected chi connectivity index (χ3v) is 4.28. The van der Waals surface area contributed by atoms with Gasteiger partial charge < -0.3 is 4.40 Å². The fourth-order valence-electron chi connectivity index (χ4n) is 2.75. The molecule has 2 aromatic carbocycles. The van der Waals surface area contributed by atoms with Crippen LogP contribution in [0, 0.1) is 5.82 Å². The largest absolute Gasteiger partial charge is 0.306 e. The summed E-state index contributed by atoms with van der Waals surface area (Å²) in [6.07, 6.45) is 4.38. The van der Waals surface area contributed by atoms with Gasteiger partial charge in [0.2, 0.25) is 0 Å². The summed E-state index contributed by atoms with van der Waals surface area (Å²) in [6.45, 7) is 0. The fourth-order valence-corrected chi connectivity index (χ4v) is 2.87. The molecule has 4 aromatic rings. The lowest BCUT2D eigenvalue weighted by atomic mass is 10.0. The van der Waals surface area contributed by atoms with Crippen LogP contribution in [0.3, 0.4) is 0 Å². The SMILES string of the molecule is O=Cc1ccc(F)c(-c2ccc3nc(-c4ccc(Cl)cc4)cn3c2)c1. The van der Waals surface area contributed by atoms with Crippen molar-refractivity contribution < 1.29 is 9.18 Å². The summed E-state index contributed by atoms with van der Waals surface area (Å²) in [5.41, 5.74) is 3.99. The Hall–Kier alpha value is -2.98. The maximum atomic E-state index is 14.1. The predicted octanol–water partition coefficient (Wildman–Crippen LogP) is 5.27. The molecule has 4 rings (SSSR count). The lowest BCUT2D eigenvalue weighted by molar-refractivity contribution is 0.112. The molecule has 0 aliphatic heterocycles. The molecule has 0 aliphatic carbocycles. The van der Waals surface area contributed by atoms with E-state index in [9.17, 15) is 9.18 Å². The molecule has 3 nitrogen and oxygen atoms in total. The molecule has 0 spiro atoms. The summed E-state index contributed by atoms with van der Waals surface area (Å²) in [5.74, 6) is -0.372. The van der Waals surface area contributed by atoms with Gasteiger partial charge in [-0.2, -0.15) is 0 Å². The number of nitrogens with zero attached hydrogens (tertiary/aromatic N) is 2. The summed E-state index contributed by atoms with van der Waals surface area (Å²) < 4.78 is 16.0. The monoisotopic (exact) mass is 350 g/mol. The molecular formula is C20H12ClFN2O. The van der Waals surface area contributed by atoms with Crippen molar-refractivity contribution in [1.82, 2.24) is 9.38 Å². The highest BCUT2D eigenvalue weighted by Gasteiger charge is 2.09. The number of carbonyl (C=O) groups is 1. The molecule has 0 fully saturated rings. The molecular weight excluding hydrogens is 339 g/mol. The summed E-state index contributed by atoms with van der Waals surface area (Å²) in [6, 6.07) is 15.3. The number of imidazole rings is 1. The summed E-state index contributed by atoms with van der Waals surface area (Å²) in [4.78, 5) is 15.5. The van der Waals surface area contributed by atoms with E-state index < -0.39 is 0 Å². The van der Waals surface area contributed by atoms with Crippen molar-refractivity contribution in [1.29, 1.82) is 0 Å². The Morgan fingerprint density at radius 3 is 2.48 bits per heavy atom.